The third kappa shape index (κ3) is 9.10. The van der Waals surface area contributed by atoms with Crippen molar-refractivity contribution in [2.45, 2.75) is 6.42 Å². The number of amides is 1. The second kappa shape index (κ2) is 12.5. The molecule has 1 amide bonds. The molecule has 0 aromatic heterocycles. The SMILES string of the molecule is COCCNCC(=O)N(C)CCCOc1ccc(Cl)cc1.Cl. The summed E-state index contributed by atoms with van der Waals surface area (Å²) < 4.78 is 10.5. The molecule has 0 atom stereocenters. The summed E-state index contributed by atoms with van der Waals surface area (Å²) in [6, 6.07) is 7.24. The number of carbonyl (C=O) groups is 1. The molecule has 0 radical (unpaired) electrons. The van der Waals surface area contributed by atoms with Crippen LogP contribution in [-0.4, -0.2) is 57.8 Å². The maximum Gasteiger partial charge on any atom is 0.236 e. The molecule has 0 spiro atoms. The summed E-state index contributed by atoms with van der Waals surface area (Å²) in [6.07, 6.45) is 0.781. The van der Waals surface area contributed by atoms with Crippen LogP contribution in [-0.2, 0) is 9.53 Å². The first kappa shape index (κ1) is 21.0. The van der Waals surface area contributed by atoms with E-state index in [4.69, 9.17) is 21.1 Å². The van der Waals surface area contributed by atoms with Gasteiger partial charge in [-0.05, 0) is 30.7 Å². The molecule has 5 nitrogen and oxygen atoms in total. The van der Waals surface area contributed by atoms with Crippen molar-refractivity contribution in [2.75, 3.05) is 47.0 Å². The number of hydrogen-bond acceptors (Lipinski definition) is 4. The number of halogens is 2. The number of methoxy groups -OCH3 is 1. The van der Waals surface area contributed by atoms with Gasteiger partial charge >= 0.3 is 0 Å². The van der Waals surface area contributed by atoms with Crippen molar-refractivity contribution in [3.05, 3.63) is 29.3 Å². The molecule has 7 heteroatoms. The van der Waals surface area contributed by atoms with Gasteiger partial charge in [-0.15, -0.1) is 12.4 Å². The first-order valence-electron chi connectivity index (χ1n) is 6.95. The molecular weight excluding hydrogens is 327 g/mol. The van der Waals surface area contributed by atoms with Crippen LogP contribution in [0.5, 0.6) is 5.75 Å². The van der Waals surface area contributed by atoms with Gasteiger partial charge in [-0.25, -0.2) is 0 Å². The first-order chi connectivity index (χ1) is 10.1. The van der Waals surface area contributed by atoms with E-state index < -0.39 is 0 Å². The lowest BCUT2D eigenvalue weighted by atomic mass is 10.3. The highest BCUT2D eigenvalue weighted by atomic mass is 35.5. The number of benzene rings is 1. The summed E-state index contributed by atoms with van der Waals surface area (Å²) in [4.78, 5) is 13.5. The fourth-order valence-corrected chi connectivity index (χ4v) is 1.78. The lowest BCUT2D eigenvalue weighted by Crippen LogP contribution is -2.37. The molecule has 1 aromatic rings. The summed E-state index contributed by atoms with van der Waals surface area (Å²) in [6.45, 7) is 2.84. The zero-order valence-electron chi connectivity index (χ0n) is 13.0. The van der Waals surface area contributed by atoms with E-state index in [9.17, 15) is 4.79 Å². The van der Waals surface area contributed by atoms with E-state index in [1.165, 1.54) is 0 Å². The van der Waals surface area contributed by atoms with E-state index >= 15 is 0 Å². The van der Waals surface area contributed by atoms with Crippen LogP contribution in [0.15, 0.2) is 24.3 Å². The minimum atomic E-state index is 0. The molecule has 22 heavy (non-hydrogen) atoms. The predicted octanol–water partition coefficient (Wildman–Crippen LogP) is 2.23. The van der Waals surface area contributed by atoms with E-state index in [0.29, 0.717) is 37.9 Å². The monoisotopic (exact) mass is 350 g/mol. The van der Waals surface area contributed by atoms with E-state index in [1.54, 1.807) is 31.2 Å². The minimum absolute atomic E-state index is 0. The van der Waals surface area contributed by atoms with Gasteiger partial charge in [-0.2, -0.15) is 0 Å². The minimum Gasteiger partial charge on any atom is -0.494 e. The number of nitrogens with zero attached hydrogens (tertiary/aromatic N) is 1. The number of carbonyl (C=O) groups excluding carboxylic acids is 1. The Balaban J connectivity index is 0.00000441. The van der Waals surface area contributed by atoms with E-state index in [-0.39, 0.29) is 18.3 Å². The Morgan fingerprint density at radius 2 is 1.95 bits per heavy atom. The van der Waals surface area contributed by atoms with Crippen molar-refractivity contribution >= 4 is 29.9 Å². The Morgan fingerprint density at radius 1 is 1.27 bits per heavy atom. The van der Waals surface area contributed by atoms with E-state index in [0.717, 1.165) is 12.2 Å². The van der Waals surface area contributed by atoms with Gasteiger partial charge in [0.25, 0.3) is 0 Å². The van der Waals surface area contributed by atoms with Gasteiger partial charge in [0.15, 0.2) is 0 Å². The fraction of sp³-hybridized carbons (Fsp3) is 0.533. The molecule has 0 bridgehead atoms. The third-order valence-electron chi connectivity index (χ3n) is 2.91. The average molecular weight is 351 g/mol. The quantitative estimate of drug-likeness (QED) is 0.657. The van der Waals surface area contributed by atoms with E-state index in [1.807, 2.05) is 12.1 Å². The summed E-state index contributed by atoms with van der Waals surface area (Å²) >= 11 is 5.80. The summed E-state index contributed by atoms with van der Waals surface area (Å²) in [5.74, 6) is 0.854. The molecule has 0 unspecified atom stereocenters. The van der Waals surface area contributed by atoms with Gasteiger partial charge < -0.3 is 19.7 Å². The summed E-state index contributed by atoms with van der Waals surface area (Å²) in [5, 5.41) is 3.72. The Morgan fingerprint density at radius 3 is 2.59 bits per heavy atom. The normalized spacial score (nSPS) is 9.95. The maximum absolute atomic E-state index is 11.8. The number of likely N-dealkylation sites (N-methyl/N-ethyl adjacent to an activating group) is 1. The zero-order chi connectivity index (χ0) is 15.5. The van der Waals surface area contributed by atoms with Crippen molar-refractivity contribution < 1.29 is 14.3 Å². The Bertz CT molecular complexity index is 416. The van der Waals surface area contributed by atoms with Crippen LogP contribution in [0.2, 0.25) is 5.02 Å². The molecule has 1 aromatic carbocycles. The molecular formula is C15H24Cl2N2O3. The van der Waals surface area contributed by atoms with Crippen LogP contribution in [0.3, 0.4) is 0 Å². The van der Waals surface area contributed by atoms with Crippen molar-refractivity contribution in [1.29, 1.82) is 0 Å². The predicted molar refractivity (Wildman–Crippen MR) is 91.2 cm³/mol. The Hall–Kier alpha value is -1.01. The van der Waals surface area contributed by atoms with Crippen LogP contribution in [0, 0.1) is 0 Å². The van der Waals surface area contributed by atoms with Crippen LogP contribution < -0.4 is 10.1 Å². The topological polar surface area (TPSA) is 50.8 Å². The molecule has 0 fully saturated rings. The van der Waals surface area contributed by atoms with Crippen molar-refractivity contribution in [3.8, 4) is 5.75 Å². The van der Waals surface area contributed by atoms with E-state index in [2.05, 4.69) is 5.32 Å². The smallest absolute Gasteiger partial charge is 0.236 e. The molecule has 1 rings (SSSR count). The van der Waals surface area contributed by atoms with Gasteiger partial charge in [-0.3, -0.25) is 4.79 Å². The first-order valence-corrected chi connectivity index (χ1v) is 7.33. The Kier molecular flexibility index (Phi) is 12.0. The van der Waals surface area contributed by atoms with Crippen molar-refractivity contribution in [1.82, 2.24) is 10.2 Å². The molecule has 0 saturated carbocycles. The highest BCUT2D eigenvalue weighted by Crippen LogP contribution is 2.15. The second-order valence-electron chi connectivity index (χ2n) is 4.64. The fourth-order valence-electron chi connectivity index (χ4n) is 1.65. The zero-order valence-corrected chi connectivity index (χ0v) is 14.6. The molecule has 0 heterocycles. The molecule has 0 aliphatic heterocycles. The maximum atomic E-state index is 11.8. The highest BCUT2D eigenvalue weighted by Gasteiger charge is 2.07. The third-order valence-corrected chi connectivity index (χ3v) is 3.16. The second-order valence-corrected chi connectivity index (χ2v) is 5.08. The van der Waals surface area contributed by atoms with Crippen LogP contribution in [0.25, 0.3) is 0 Å². The van der Waals surface area contributed by atoms with Gasteiger partial charge in [-0.1, -0.05) is 11.6 Å². The lowest BCUT2D eigenvalue weighted by molar-refractivity contribution is -0.129. The van der Waals surface area contributed by atoms with Crippen molar-refractivity contribution in [2.24, 2.45) is 0 Å². The van der Waals surface area contributed by atoms with Gasteiger partial charge in [0, 0.05) is 32.3 Å². The molecule has 1 N–H and O–H groups in total. The van der Waals surface area contributed by atoms with Gasteiger partial charge in [0.05, 0.1) is 19.8 Å². The van der Waals surface area contributed by atoms with Crippen LogP contribution >= 0.6 is 24.0 Å². The van der Waals surface area contributed by atoms with Crippen LogP contribution in [0.4, 0.5) is 0 Å². The number of hydrogen-bond donors (Lipinski definition) is 1. The number of rotatable bonds is 10. The van der Waals surface area contributed by atoms with Crippen molar-refractivity contribution in [3.63, 3.8) is 0 Å². The Labute approximate surface area is 143 Å². The molecule has 0 aliphatic rings. The number of nitrogens with one attached hydrogen (secondary N) is 1. The highest BCUT2D eigenvalue weighted by molar-refractivity contribution is 6.30. The average Bonchev–Trinajstić information content (AvgIpc) is 2.49. The van der Waals surface area contributed by atoms with Gasteiger partial charge in [0.1, 0.15) is 5.75 Å². The largest absolute Gasteiger partial charge is 0.494 e. The van der Waals surface area contributed by atoms with Gasteiger partial charge in [0.2, 0.25) is 5.91 Å². The number of ether oxygens (including phenoxy) is 2. The summed E-state index contributed by atoms with van der Waals surface area (Å²) in [7, 11) is 3.43. The lowest BCUT2D eigenvalue weighted by Gasteiger charge is -2.17. The summed E-state index contributed by atoms with van der Waals surface area (Å²) in [5.41, 5.74) is 0. The molecule has 126 valence electrons. The molecule has 0 aliphatic carbocycles. The molecule has 0 saturated heterocycles. The standard InChI is InChI=1S/C15H23ClN2O3.ClH/c1-18(15(19)12-17-8-11-20-2)9-3-10-21-14-6-4-13(16)5-7-14;/h4-7,17H,3,8-12H2,1-2H3;1H. The van der Waals surface area contributed by atoms with Crippen LogP contribution in [0.1, 0.15) is 6.42 Å².